The lowest BCUT2D eigenvalue weighted by atomic mass is 9.80. The van der Waals surface area contributed by atoms with E-state index in [1.54, 1.807) is 25.3 Å². The predicted molar refractivity (Wildman–Crippen MR) is 85.7 cm³/mol. The van der Waals surface area contributed by atoms with E-state index in [0.717, 1.165) is 4.47 Å². The molecule has 0 heterocycles. The van der Waals surface area contributed by atoms with Crippen molar-refractivity contribution in [3.63, 3.8) is 0 Å². The zero-order valence-corrected chi connectivity index (χ0v) is 13.9. The van der Waals surface area contributed by atoms with Crippen LogP contribution in [0.4, 0.5) is 5.69 Å². The van der Waals surface area contributed by atoms with Gasteiger partial charge in [0.25, 0.3) is 0 Å². The summed E-state index contributed by atoms with van der Waals surface area (Å²) in [5, 5.41) is 14.7. The van der Waals surface area contributed by atoms with Crippen molar-refractivity contribution >= 4 is 33.4 Å². The van der Waals surface area contributed by atoms with Crippen LogP contribution in [0.25, 0.3) is 0 Å². The number of carbonyl (C=O) groups excluding carboxylic acids is 1. The van der Waals surface area contributed by atoms with Crippen LogP contribution in [0, 0.1) is 5.41 Å². The zero-order chi connectivity index (χ0) is 16.0. The number of amidine groups is 1. The summed E-state index contributed by atoms with van der Waals surface area (Å²) in [5.41, 5.74) is 5.29. The molecule has 4 N–H and O–H groups in total. The van der Waals surface area contributed by atoms with Crippen LogP contribution in [-0.2, 0) is 4.79 Å². The van der Waals surface area contributed by atoms with E-state index in [1.165, 1.54) is 0 Å². The summed E-state index contributed by atoms with van der Waals surface area (Å²) >= 11 is 3.36. The molecule has 0 aliphatic carbocycles. The van der Waals surface area contributed by atoms with Crippen molar-refractivity contribution in [1.29, 1.82) is 0 Å². The Morgan fingerprint density at radius 3 is 2.52 bits per heavy atom. The number of oxime groups is 1. The fraction of sp³-hybridized carbons (Fsp3) is 0.429. The quantitative estimate of drug-likeness (QED) is 0.315. The Morgan fingerprint density at radius 1 is 1.48 bits per heavy atom. The highest BCUT2D eigenvalue weighted by molar-refractivity contribution is 9.10. The summed E-state index contributed by atoms with van der Waals surface area (Å²) in [6.45, 7) is 3.65. The molecule has 0 fully saturated rings. The zero-order valence-electron chi connectivity index (χ0n) is 12.3. The van der Waals surface area contributed by atoms with Crippen molar-refractivity contribution in [3.8, 4) is 5.75 Å². The largest absolute Gasteiger partial charge is 0.496 e. The van der Waals surface area contributed by atoms with Gasteiger partial charge in [-0.1, -0.05) is 19.0 Å². The van der Waals surface area contributed by atoms with Gasteiger partial charge >= 0.3 is 0 Å². The number of rotatable bonds is 6. The number of nitrogens with zero attached hydrogens (tertiary/aromatic N) is 1. The Morgan fingerprint density at radius 2 is 2.10 bits per heavy atom. The average molecular weight is 358 g/mol. The van der Waals surface area contributed by atoms with Crippen LogP contribution in [0.3, 0.4) is 0 Å². The molecule has 21 heavy (non-hydrogen) atoms. The van der Waals surface area contributed by atoms with Crippen LogP contribution < -0.4 is 15.8 Å². The molecular formula is C14H20BrN3O3. The number of hydrogen-bond acceptors (Lipinski definition) is 4. The molecule has 0 saturated heterocycles. The first kappa shape index (κ1) is 17.3. The molecule has 1 aromatic carbocycles. The smallest absolute Gasteiger partial charge is 0.238 e. The second kappa shape index (κ2) is 7.31. The molecule has 1 aromatic rings. The van der Waals surface area contributed by atoms with Crippen molar-refractivity contribution < 1.29 is 14.7 Å². The Kier molecular flexibility index (Phi) is 6.02. The molecule has 1 amide bonds. The molecule has 0 aromatic heterocycles. The lowest BCUT2D eigenvalue weighted by molar-refractivity contribution is -0.122. The summed E-state index contributed by atoms with van der Waals surface area (Å²) in [5.74, 6) is 0.277. The van der Waals surface area contributed by atoms with E-state index < -0.39 is 5.41 Å². The SMILES string of the molecule is CCC(CC)(C(=O)Nc1ccc(OC)c(Br)c1)C(N)=NO. The van der Waals surface area contributed by atoms with E-state index in [0.29, 0.717) is 24.3 Å². The Labute approximate surface area is 132 Å². The van der Waals surface area contributed by atoms with Crippen molar-refractivity contribution in [1.82, 2.24) is 0 Å². The maximum absolute atomic E-state index is 12.5. The van der Waals surface area contributed by atoms with Gasteiger partial charge in [0.15, 0.2) is 5.84 Å². The van der Waals surface area contributed by atoms with Crippen LogP contribution in [0.15, 0.2) is 27.8 Å². The van der Waals surface area contributed by atoms with Crippen LogP contribution >= 0.6 is 15.9 Å². The van der Waals surface area contributed by atoms with E-state index in [4.69, 9.17) is 15.7 Å². The summed E-state index contributed by atoms with van der Waals surface area (Å²) in [6.07, 6.45) is 0.866. The number of carbonyl (C=O) groups is 1. The predicted octanol–water partition coefficient (Wildman–Crippen LogP) is 2.95. The minimum absolute atomic E-state index is 0.0856. The van der Waals surface area contributed by atoms with Gasteiger partial charge in [-0.25, -0.2) is 0 Å². The Bertz CT molecular complexity index is 542. The third-order valence-electron chi connectivity index (χ3n) is 3.65. The van der Waals surface area contributed by atoms with Crippen LogP contribution in [-0.4, -0.2) is 24.1 Å². The lowest BCUT2D eigenvalue weighted by Crippen LogP contribution is -2.46. The molecule has 0 aliphatic rings. The molecule has 7 heteroatoms. The number of ether oxygens (including phenoxy) is 1. The molecule has 0 bridgehead atoms. The molecule has 0 atom stereocenters. The van der Waals surface area contributed by atoms with Crippen molar-refractivity contribution in [2.24, 2.45) is 16.3 Å². The number of nitrogens with one attached hydrogen (secondary N) is 1. The molecule has 0 radical (unpaired) electrons. The number of methoxy groups -OCH3 is 1. The third-order valence-corrected chi connectivity index (χ3v) is 4.27. The molecule has 116 valence electrons. The number of benzene rings is 1. The first-order valence-corrected chi connectivity index (χ1v) is 7.37. The summed E-state index contributed by atoms with van der Waals surface area (Å²) in [4.78, 5) is 12.5. The van der Waals surface area contributed by atoms with Crippen molar-refractivity contribution in [2.45, 2.75) is 26.7 Å². The van der Waals surface area contributed by atoms with Gasteiger partial charge in [-0.2, -0.15) is 0 Å². The number of hydrogen-bond donors (Lipinski definition) is 3. The normalized spacial score (nSPS) is 12.1. The average Bonchev–Trinajstić information content (AvgIpc) is 2.49. The highest BCUT2D eigenvalue weighted by Gasteiger charge is 2.39. The maximum Gasteiger partial charge on any atom is 0.238 e. The van der Waals surface area contributed by atoms with Gasteiger partial charge in [0.2, 0.25) is 5.91 Å². The highest BCUT2D eigenvalue weighted by atomic mass is 79.9. The molecular weight excluding hydrogens is 338 g/mol. The number of nitrogens with two attached hydrogens (primary N) is 1. The van der Waals surface area contributed by atoms with E-state index in [9.17, 15) is 4.79 Å². The first-order valence-electron chi connectivity index (χ1n) is 6.58. The standard InChI is InChI=1S/C14H20BrN3O3/c1-4-14(5-2,12(16)18-20)13(19)17-9-6-7-11(21-3)10(15)8-9/h6-8,20H,4-5H2,1-3H3,(H2,16,18)(H,17,19). The molecule has 0 spiro atoms. The topological polar surface area (TPSA) is 96.9 Å². The minimum Gasteiger partial charge on any atom is -0.496 e. The van der Waals surface area contributed by atoms with E-state index in [2.05, 4.69) is 26.4 Å². The van der Waals surface area contributed by atoms with E-state index >= 15 is 0 Å². The van der Waals surface area contributed by atoms with Gasteiger partial charge in [-0.3, -0.25) is 4.79 Å². The van der Waals surface area contributed by atoms with Crippen molar-refractivity contribution in [3.05, 3.63) is 22.7 Å². The third kappa shape index (κ3) is 3.47. The van der Waals surface area contributed by atoms with Crippen LogP contribution in [0.1, 0.15) is 26.7 Å². The lowest BCUT2D eigenvalue weighted by Gasteiger charge is -2.28. The summed E-state index contributed by atoms with van der Waals surface area (Å²) in [6, 6.07) is 5.20. The fourth-order valence-corrected chi connectivity index (χ4v) is 2.68. The van der Waals surface area contributed by atoms with E-state index in [1.807, 2.05) is 13.8 Å². The monoisotopic (exact) mass is 357 g/mol. The number of amides is 1. The maximum atomic E-state index is 12.5. The first-order chi connectivity index (χ1) is 9.94. The highest BCUT2D eigenvalue weighted by Crippen LogP contribution is 2.31. The number of halogens is 1. The van der Waals surface area contributed by atoms with Gasteiger partial charge in [-0.15, -0.1) is 0 Å². The Hall–Kier alpha value is -1.76. The van der Waals surface area contributed by atoms with E-state index in [-0.39, 0.29) is 11.7 Å². The molecule has 1 rings (SSSR count). The minimum atomic E-state index is -1.03. The van der Waals surface area contributed by atoms with Gasteiger partial charge in [0.05, 0.1) is 11.6 Å². The number of anilines is 1. The summed E-state index contributed by atoms with van der Waals surface area (Å²) in [7, 11) is 1.57. The van der Waals surface area contributed by atoms with Crippen molar-refractivity contribution in [2.75, 3.05) is 12.4 Å². The second-order valence-corrected chi connectivity index (χ2v) is 5.43. The van der Waals surface area contributed by atoms with Crippen LogP contribution in [0.5, 0.6) is 5.75 Å². The second-order valence-electron chi connectivity index (χ2n) is 4.58. The fourth-order valence-electron chi connectivity index (χ4n) is 2.14. The van der Waals surface area contributed by atoms with Gasteiger partial charge in [0.1, 0.15) is 11.2 Å². The van der Waals surface area contributed by atoms with Gasteiger partial charge < -0.3 is 21.0 Å². The summed E-state index contributed by atoms with van der Waals surface area (Å²) < 4.78 is 5.87. The van der Waals surface area contributed by atoms with Gasteiger partial charge in [-0.05, 0) is 47.0 Å². The molecule has 6 nitrogen and oxygen atoms in total. The molecule has 0 saturated carbocycles. The van der Waals surface area contributed by atoms with Gasteiger partial charge in [0, 0.05) is 5.69 Å². The van der Waals surface area contributed by atoms with Crippen LogP contribution in [0.2, 0.25) is 0 Å². The molecule has 0 unspecified atom stereocenters. The Balaban J connectivity index is 3.05. The molecule has 0 aliphatic heterocycles.